The largest absolute Gasteiger partial charge is 0.457 e. The summed E-state index contributed by atoms with van der Waals surface area (Å²) in [5.74, 6) is 0. The zero-order valence-corrected chi connectivity index (χ0v) is 12.9. The predicted molar refractivity (Wildman–Crippen MR) is 80.2 cm³/mol. The van der Waals surface area contributed by atoms with Crippen LogP contribution in [0.2, 0.25) is 6.32 Å². The lowest BCUT2D eigenvalue weighted by atomic mass is 9.82. The number of hydrogen-bond acceptors (Lipinski definition) is 3. The average Bonchev–Trinajstić information content (AvgIpc) is 2.51. The van der Waals surface area contributed by atoms with E-state index in [2.05, 4.69) is 27.7 Å². The Morgan fingerprint density at radius 2 is 1.47 bits per heavy atom. The van der Waals surface area contributed by atoms with Crippen LogP contribution >= 0.6 is 0 Å². The van der Waals surface area contributed by atoms with Crippen molar-refractivity contribution < 1.29 is 14.4 Å². The van der Waals surface area contributed by atoms with Gasteiger partial charge in [-0.3, -0.25) is 0 Å². The fraction of sp³-hybridized carbons (Fsp3) is 0.867. The molecule has 1 heterocycles. The molecule has 4 heteroatoms. The Labute approximate surface area is 118 Å². The van der Waals surface area contributed by atoms with Gasteiger partial charge in [0.1, 0.15) is 0 Å². The summed E-state index contributed by atoms with van der Waals surface area (Å²) in [6, 6.07) is 0. The van der Waals surface area contributed by atoms with Gasteiger partial charge in [-0.15, -0.1) is 0 Å². The molecule has 0 atom stereocenters. The molecule has 19 heavy (non-hydrogen) atoms. The van der Waals surface area contributed by atoms with Gasteiger partial charge in [0.15, 0.2) is 0 Å². The molecular weight excluding hydrogens is 239 g/mol. The van der Waals surface area contributed by atoms with E-state index in [9.17, 15) is 0 Å². The Kier molecular flexibility index (Phi) is 6.57. The smallest absolute Gasteiger partial charge is 0.403 e. The van der Waals surface area contributed by atoms with Crippen molar-refractivity contribution in [2.45, 2.75) is 77.3 Å². The molecule has 0 unspecified atom stereocenters. The molecule has 0 saturated carbocycles. The number of aliphatic hydroxyl groups is 1. The SMILES string of the molecule is CC1(C)OB(CCCCCC/C=C/CO)OC1(C)C. The summed E-state index contributed by atoms with van der Waals surface area (Å²) in [5.41, 5.74) is -0.403. The highest BCUT2D eigenvalue weighted by Gasteiger charge is 2.50. The molecule has 0 amide bonds. The minimum atomic E-state index is -0.202. The first-order valence-electron chi connectivity index (χ1n) is 7.50. The summed E-state index contributed by atoms with van der Waals surface area (Å²) in [6.07, 6.45) is 10.7. The summed E-state index contributed by atoms with van der Waals surface area (Å²) in [4.78, 5) is 0. The van der Waals surface area contributed by atoms with E-state index in [4.69, 9.17) is 14.4 Å². The number of hydrogen-bond donors (Lipinski definition) is 1. The van der Waals surface area contributed by atoms with Gasteiger partial charge < -0.3 is 14.4 Å². The molecule has 1 aliphatic rings. The second-order valence-corrected chi connectivity index (χ2v) is 6.33. The normalized spacial score (nSPS) is 21.4. The molecule has 0 spiro atoms. The van der Waals surface area contributed by atoms with Gasteiger partial charge in [-0.05, 0) is 46.9 Å². The van der Waals surface area contributed by atoms with Crippen molar-refractivity contribution in [2.75, 3.05) is 6.61 Å². The van der Waals surface area contributed by atoms with Crippen LogP contribution in [0.3, 0.4) is 0 Å². The first-order valence-corrected chi connectivity index (χ1v) is 7.50. The molecule has 1 fully saturated rings. The molecule has 1 aliphatic heterocycles. The molecule has 1 rings (SSSR count). The monoisotopic (exact) mass is 268 g/mol. The van der Waals surface area contributed by atoms with E-state index in [1.54, 1.807) is 0 Å². The second-order valence-electron chi connectivity index (χ2n) is 6.33. The number of rotatable bonds is 8. The molecule has 0 bridgehead atoms. The van der Waals surface area contributed by atoms with Crippen molar-refractivity contribution in [3.63, 3.8) is 0 Å². The van der Waals surface area contributed by atoms with Crippen LogP contribution in [0.5, 0.6) is 0 Å². The summed E-state index contributed by atoms with van der Waals surface area (Å²) >= 11 is 0. The lowest BCUT2D eigenvalue weighted by molar-refractivity contribution is 0.00578. The van der Waals surface area contributed by atoms with E-state index < -0.39 is 0 Å². The topological polar surface area (TPSA) is 38.7 Å². The number of aliphatic hydroxyl groups excluding tert-OH is 1. The van der Waals surface area contributed by atoms with E-state index in [0.717, 1.165) is 19.2 Å². The van der Waals surface area contributed by atoms with Crippen LogP contribution in [0.1, 0.15) is 59.8 Å². The maximum atomic E-state index is 8.60. The highest BCUT2D eigenvalue weighted by atomic mass is 16.7. The zero-order valence-electron chi connectivity index (χ0n) is 12.9. The molecule has 110 valence electrons. The molecule has 0 aromatic heterocycles. The highest BCUT2D eigenvalue weighted by Crippen LogP contribution is 2.38. The Balaban J connectivity index is 2.07. The van der Waals surface area contributed by atoms with Gasteiger partial charge in [-0.1, -0.05) is 31.4 Å². The number of allylic oxidation sites excluding steroid dienone is 1. The van der Waals surface area contributed by atoms with Gasteiger partial charge in [-0.2, -0.15) is 0 Å². The first kappa shape index (κ1) is 16.7. The van der Waals surface area contributed by atoms with Gasteiger partial charge in [0, 0.05) is 0 Å². The molecule has 0 aliphatic carbocycles. The molecule has 1 saturated heterocycles. The van der Waals surface area contributed by atoms with E-state index in [1.807, 2.05) is 12.2 Å². The second kappa shape index (κ2) is 7.46. The molecule has 0 radical (unpaired) electrons. The van der Waals surface area contributed by atoms with E-state index in [-0.39, 0.29) is 24.9 Å². The van der Waals surface area contributed by atoms with E-state index >= 15 is 0 Å². The van der Waals surface area contributed by atoms with Crippen molar-refractivity contribution in [2.24, 2.45) is 0 Å². The maximum Gasteiger partial charge on any atom is 0.457 e. The lowest BCUT2D eigenvalue weighted by Gasteiger charge is -2.32. The van der Waals surface area contributed by atoms with Crippen molar-refractivity contribution >= 4 is 7.12 Å². The minimum Gasteiger partial charge on any atom is -0.403 e. The molecule has 3 nitrogen and oxygen atoms in total. The zero-order chi connectivity index (χ0) is 14.4. The van der Waals surface area contributed by atoms with Crippen LogP contribution in [0.25, 0.3) is 0 Å². The van der Waals surface area contributed by atoms with Gasteiger partial charge in [0.05, 0.1) is 17.8 Å². The lowest BCUT2D eigenvalue weighted by Crippen LogP contribution is -2.41. The van der Waals surface area contributed by atoms with E-state index in [0.29, 0.717) is 0 Å². The molecular formula is C15H29BO3. The summed E-state index contributed by atoms with van der Waals surface area (Å²) in [6.45, 7) is 8.55. The third kappa shape index (κ3) is 5.29. The number of unbranched alkanes of at least 4 members (excludes halogenated alkanes) is 4. The summed E-state index contributed by atoms with van der Waals surface area (Å²) < 4.78 is 11.9. The van der Waals surface area contributed by atoms with Crippen LogP contribution in [-0.4, -0.2) is 30.0 Å². The highest BCUT2D eigenvalue weighted by molar-refractivity contribution is 6.45. The van der Waals surface area contributed by atoms with Crippen molar-refractivity contribution in [1.82, 2.24) is 0 Å². The predicted octanol–water partition coefficient (Wildman–Crippen LogP) is 3.58. The van der Waals surface area contributed by atoms with Crippen LogP contribution in [-0.2, 0) is 9.31 Å². The van der Waals surface area contributed by atoms with Crippen molar-refractivity contribution in [1.29, 1.82) is 0 Å². The van der Waals surface area contributed by atoms with Crippen molar-refractivity contribution in [3.8, 4) is 0 Å². The molecule has 0 aromatic rings. The Morgan fingerprint density at radius 1 is 0.895 bits per heavy atom. The summed E-state index contributed by atoms with van der Waals surface area (Å²) in [7, 11) is -0.0423. The van der Waals surface area contributed by atoms with Gasteiger partial charge in [0.25, 0.3) is 0 Å². The van der Waals surface area contributed by atoms with E-state index in [1.165, 1.54) is 19.3 Å². The van der Waals surface area contributed by atoms with Gasteiger partial charge in [-0.25, -0.2) is 0 Å². The standard InChI is InChI=1S/C15H29BO3/c1-14(2)15(3,4)19-16(18-14)12-10-8-6-5-7-9-11-13-17/h9,11,17H,5-8,10,12-13H2,1-4H3/b11-9+. The van der Waals surface area contributed by atoms with Crippen LogP contribution in [0.15, 0.2) is 12.2 Å². The third-order valence-electron chi connectivity index (χ3n) is 4.13. The Hall–Kier alpha value is -0.315. The molecule has 0 aromatic carbocycles. The summed E-state index contributed by atoms with van der Waals surface area (Å²) in [5, 5.41) is 8.60. The van der Waals surface area contributed by atoms with Gasteiger partial charge >= 0.3 is 7.12 Å². The average molecular weight is 268 g/mol. The minimum absolute atomic E-state index is 0.0423. The Bertz CT molecular complexity index is 271. The van der Waals surface area contributed by atoms with Crippen LogP contribution in [0, 0.1) is 0 Å². The van der Waals surface area contributed by atoms with Crippen LogP contribution in [0.4, 0.5) is 0 Å². The van der Waals surface area contributed by atoms with Crippen molar-refractivity contribution in [3.05, 3.63) is 12.2 Å². The quantitative estimate of drug-likeness (QED) is 0.415. The fourth-order valence-electron chi connectivity index (χ4n) is 2.20. The first-order chi connectivity index (χ1) is 8.89. The third-order valence-corrected chi connectivity index (χ3v) is 4.13. The van der Waals surface area contributed by atoms with Gasteiger partial charge in [0.2, 0.25) is 0 Å². The molecule has 1 N–H and O–H groups in total. The Morgan fingerprint density at radius 3 is 2.05 bits per heavy atom. The van der Waals surface area contributed by atoms with Crippen LogP contribution < -0.4 is 0 Å². The fourth-order valence-corrected chi connectivity index (χ4v) is 2.20. The maximum absolute atomic E-state index is 8.60.